The summed E-state index contributed by atoms with van der Waals surface area (Å²) in [4.78, 5) is 26.8. The molecule has 1 aromatic carbocycles. The summed E-state index contributed by atoms with van der Waals surface area (Å²) in [6.07, 6.45) is 4.06. The molecular weight excluding hydrogens is 488 g/mol. The number of amides is 1. The Morgan fingerprint density at radius 1 is 1.20 bits per heavy atom. The number of aryl methyl sites for hydroxylation is 2. The lowest BCUT2D eigenvalue weighted by Gasteiger charge is -2.24. The molecule has 1 amide bonds. The highest BCUT2D eigenvalue weighted by atomic mass is 32.2. The monoisotopic (exact) mass is 514 g/mol. The predicted molar refractivity (Wildman–Crippen MR) is 132 cm³/mol. The van der Waals surface area contributed by atoms with Gasteiger partial charge in [0.15, 0.2) is 5.13 Å². The van der Waals surface area contributed by atoms with Gasteiger partial charge in [-0.15, -0.1) is 0 Å². The Balaban J connectivity index is 1.59. The van der Waals surface area contributed by atoms with Gasteiger partial charge in [0.25, 0.3) is 5.91 Å². The standard InChI is InChI=1S/C23H26N6O4S2/c1-14-11-20-27-21(26-14)17-6-4-10-29(17)35(31,32)16-7-8-18(33-2)15(12-16)5-3-9-24-22(30)19-13-25-23(28-20)34-19/h7-8,11-13,17H,3-6,9-10H2,1-2H3,(H,24,30)(H,25,26,27,28). The fourth-order valence-corrected chi connectivity index (χ4v) is 6.90. The van der Waals surface area contributed by atoms with Gasteiger partial charge in [-0.3, -0.25) is 4.79 Å². The van der Waals surface area contributed by atoms with Crippen LogP contribution in [0.2, 0.25) is 0 Å². The second-order valence-electron chi connectivity index (χ2n) is 8.51. The molecule has 3 aromatic rings. The molecular formula is C23H26N6O4S2. The third-order valence-electron chi connectivity index (χ3n) is 6.10. The van der Waals surface area contributed by atoms with Crippen LogP contribution < -0.4 is 15.4 Å². The van der Waals surface area contributed by atoms with E-state index >= 15 is 0 Å². The Bertz CT molecular complexity index is 1370. The zero-order chi connectivity index (χ0) is 24.6. The summed E-state index contributed by atoms with van der Waals surface area (Å²) in [6.45, 7) is 2.67. The molecule has 1 unspecified atom stereocenters. The van der Waals surface area contributed by atoms with E-state index < -0.39 is 16.1 Å². The third-order valence-corrected chi connectivity index (χ3v) is 8.92. The molecule has 184 valence electrons. The first kappa shape index (κ1) is 23.6. The first-order valence-corrected chi connectivity index (χ1v) is 13.7. The molecule has 2 N–H and O–H groups in total. The van der Waals surface area contributed by atoms with Crippen molar-refractivity contribution < 1.29 is 17.9 Å². The number of nitrogens with one attached hydrogen (secondary N) is 2. The number of methoxy groups -OCH3 is 1. The molecule has 2 aliphatic rings. The van der Waals surface area contributed by atoms with E-state index in [0.717, 1.165) is 12.0 Å². The van der Waals surface area contributed by atoms with Crippen molar-refractivity contribution in [1.29, 1.82) is 0 Å². The van der Waals surface area contributed by atoms with E-state index in [4.69, 9.17) is 4.74 Å². The van der Waals surface area contributed by atoms with Crippen molar-refractivity contribution in [2.45, 2.75) is 43.5 Å². The topological polar surface area (TPSA) is 126 Å². The fourth-order valence-electron chi connectivity index (χ4n) is 4.45. The van der Waals surface area contributed by atoms with Crippen LogP contribution in [-0.2, 0) is 16.4 Å². The minimum Gasteiger partial charge on any atom is -0.496 e. The van der Waals surface area contributed by atoms with E-state index in [2.05, 4.69) is 25.6 Å². The lowest BCUT2D eigenvalue weighted by molar-refractivity contribution is 0.0957. The van der Waals surface area contributed by atoms with Crippen LogP contribution in [-0.4, -0.2) is 53.8 Å². The van der Waals surface area contributed by atoms with Crippen molar-refractivity contribution in [3.05, 3.63) is 52.4 Å². The average Bonchev–Trinajstić information content (AvgIpc) is 3.51. The molecule has 2 aromatic heterocycles. The van der Waals surface area contributed by atoms with Crippen LogP contribution in [0.5, 0.6) is 5.75 Å². The maximum Gasteiger partial charge on any atom is 0.263 e. The first-order chi connectivity index (χ1) is 16.8. The van der Waals surface area contributed by atoms with Gasteiger partial charge < -0.3 is 15.4 Å². The molecule has 10 nitrogen and oxygen atoms in total. The summed E-state index contributed by atoms with van der Waals surface area (Å²) in [5.74, 6) is 1.36. The van der Waals surface area contributed by atoms with Crippen molar-refractivity contribution in [3.8, 4) is 5.75 Å². The number of benzene rings is 1. The van der Waals surface area contributed by atoms with Gasteiger partial charge in [-0.2, -0.15) is 4.31 Å². The SMILES string of the molecule is COc1ccc2cc1CCCNC(=O)c1cnc(s1)Nc1cc(C)nc(n1)C1CCCN1S2(=O)=O. The van der Waals surface area contributed by atoms with Gasteiger partial charge in [-0.25, -0.2) is 23.4 Å². The number of rotatable bonds is 1. The smallest absolute Gasteiger partial charge is 0.263 e. The number of thiazole rings is 1. The average molecular weight is 515 g/mol. The Morgan fingerprint density at radius 2 is 2.06 bits per heavy atom. The summed E-state index contributed by atoms with van der Waals surface area (Å²) in [7, 11) is -2.23. The number of nitrogens with zero attached hydrogens (tertiary/aromatic N) is 4. The lowest BCUT2D eigenvalue weighted by Crippen LogP contribution is -2.32. The van der Waals surface area contributed by atoms with Crippen LogP contribution in [0, 0.1) is 6.92 Å². The van der Waals surface area contributed by atoms with E-state index in [9.17, 15) is 13.2 Å². The van der Waals surface area contributed by atoms with Crippen molar-refractivity contribution in [3.63, 3.8) is 0 Å². The second-order valence-corrected chi connectivity index (χ2v) is 11.4. The van der Waals surface area contributed by atoms with Crippen LogP contribution in [0.15, 0.2) is 35.4 Å². The Labute approximate surface area is 207 Å². The molecule has 6 bridgehead atoms. The molecule has 0 spiro atoms. The number of aromatic nitrogens is 3. The van der Waals surface area contributed by atoms with E-state index in [-0.39, 0.29) is 10.8 Å². The van der Waals surface area contributed by atoms with Crippen LogP contribution in [0.1, 0.15) is 52.1 Å². The van der Waals surface area contributed by atoms with E-state index in [0.29, 0.717) is 65.4 Å². The van der Waals surface area contributed by atoms with E-state index in [1.807, 2.05) is 6.92 Å². The largest absolute Gasteiger partial charge is 0.496 e. The number of fused-ring (bicyclic) bond motifs is 8. The second kappa shape index (κ2) is 9.51. The molecule has 0 aliphatic carbocycles. The molecule has 0 radical (unpaired) electrons. The lowest BCUT2D eigenvalue weighted by atomic mass is 10.1. The number of carbonyl (C=O) groups excluding carboxylic acids is 1. The molecule has 1 saturated heterocycles. The molecule has 5 rings (SSSR count). The maximum absolute atomic E-state index is 13.7. The van der Waals surface area contributed by atoms with Crippen LogP contribution in [0.4, 0.5) is 10.9 Å². The molecule has 12 heteroatoms. The summed E-state index contributed by atoms with van der Waals surface area (Å²) in [5, 5.41) is 6.57. The molecule has 1 atom stereocenters. The minimum atomic E-state index is -3.79. The highest BCUT2D eigenvalue weighted by Crippen LogP contribution is 2.37. The highest BCUT2D eigenvalue weighted by Gasteiger charge is 2.38. The van der Waals surface area contributed by atoms with Gasteiger partial charge >= 0.3 is 0 Å². The fraction of sp³-hybridized carbons (Fsp3) is 0.391. The van der Waals surface area contributed by atoms with Crippen molar-refractivity contribution in [2.24, 2.45) is 0 Å². The number of anilines is 2. The predicted octanol–water partition coefficient (Wildman–Crippen LogP) is 3.20. The van der Waals surface area contributed by atoms with Gasteiger partial charge in [-0.05, 0) is 56.4 Å². The summed E-state index contributed by atoms with van der Waals surface area (Å²) in [5.41, 5.74) is 1.48. The number of hydrogen-bond acceptors (Lipinski definition) is 9. The molecule has 4 heterocycles. The third kappa shape index (κ3) is 4.73. The van der Waals surface area contributed by atoms with E-state index in [1.165, 1.54) is 21.8 Å². The zero-order valence-electron chi connectivity index (χ0n) is 19.4. The number of carbonyl (C=O) groups is 1. The number of sulfonamides is 1. The van der Waals surface area contributed by atoms with E-state index in [1.54, 1.807) is 31.4 Å². The molecule has 1 fully saturated rings. The maximum atomic E-state index is 13.7. The zero-order valence-corrected chi connectivity index (χ0v) is 21.1. The van der Waals surface area contributed by atoms with Gasteiger partial charge in [-0.1, -0.05) is 11.3 Å². The quantitative estimate of drug-likeness (QED) is 0.507. The van der Waals surface area contributed by atoms with Crippen molar-refractivity contribution in [1.82, 2.24) is 24.6 Å². The van der Waals surface area contributed by atoms with Gasteiger partial charge in [0, 0.05) is 24.8 Å². The number of hydrogen-bond donors (Lipinski definition) is 2. The molecule has 35 heavy (non-hydrogen) atoms. The summed E-state index contributed by atoms with van der Waals surface area (Å²) >= 11 is 1.23. The Morgan fingerprint density at radius 3 is 2.89 bits per heavy atom. The molecule has 2 aliphatic heterocycles. The summed E-state index contributed by atoms with van der Waals surface area (Å²) in [6, 6.07) is 6.24. The molecule has 0 saturated carbocycles. The summed E-state index contributed by atoms with van der Waals surface area (Å²) < 4.78 is 34.4. The normalized spacial score (nSPS) is 20.2. The Hall–Kier alpha value is -3.09. The Kier molecular flexibility index (Phi) is 6.43. The van der Waals surface area contributed by atoms with Gasteiger partial charge in [0.1, 0.15) is 22.3 Å². The highest BCUT2D eigenvalue weighted by molar-refractivity contribution is 7.89. The number of ether oxygens (including phenoxy) is 1. The van der Waals surface area contributed by atoms with Crippen LogP contribution >= 0.6 is 11.3 Å². The van der Waals surface area contributed by atoms with Gasteiger partial charge in [0.2, 0.25) is 10.0 Å². The minimum absolute atomic E-state index is 0.207. The van der Waals surface area contributed by atoms with Crippen molar-refractivity contribution in [2.75, 3.05) is 25.5 Å². The first-order valence-electron chi connectivity index (χ1n) is 11.4. The van der Waals surface area contributed by atoms with Gasteiger partial charge in [0.05, 0.1) is 24.2 Å². The van der Waals surface area contributed by atoms with Crippen molar-refractivity contribution >= 4 is 38.2 Å². The van der Waals surface area contributed by atoms with Crippen LogP contribution in [0.3, 0.4) is 0 Å². The van der Waals surface area contributed by atoms with Crippen LogP contribution in [0.25, 0.3) is 0 Å².